The van der Waals surface area contributed by atoms with E-state index in [4.69, 9.17) is 16.3 Å². The molecule has 0 aliphatic carbocycles. The number of nitro groups is 1. The summed E-state index contributed by atoms with van der Waals surface area (Å²) in [6, 6.07) is 7.99. The van der Waals surface area contributed by atoms with E-state index >= 15 is 0 Å². The van der Waals surface area contributed by atoms with Crippen LogP contribution in [0.1, 0.15) is 11.1 Å². The van der Waals surface area contributed by atoms with Gasteiger partial charge in [0.2, 0.25) is 0 Å². The summed E-state index contributed by atoms with van der Waals surface area (Å²) in [7, 11) is 0. The highest BCUT2D eigenvalue weighted by molar-refractivity contribution is 6.29. The van der Waals surface area contributed by atoms with Gasteiger partial charge in [-0.3, -0.25) is 10.1 Å². The second kappa shape index (κ2) is 5.67. The highest BCUT2D eigenvalue weighted by atomic mass is 35.5. The first-order valence-corrected chi connectivity index (χ1v) is 5.92. The van der Waals surface area contributed by atoms with E-state index in [1.165, 1.54) is 12.1 Å². The van der Waals surface area contributed by atoms with E-state index in [-0.39, 0.29) is 12.3 Å². The smallest absolute Gasteiger partial charge is 0.273 e. The Morgan fingerprint density at radius 2 is 2.16 bits per heavy atom. The van der Waals surface area contributed by atoms with Gasteiger partial charge in [-0.15, -0.1) is 0 Å². The summed E-state index contributed by atoms with van der Waals surface area (Å²) in [5.41, 5.74) is 1.70. The molecule has 0 saturated carbocycles. The highest BCUT2D eigenvalue weighted by Crippen LogP contribution is 2.25. The Balaban J connectivity index is 2.15. The number of rotatable bonds is 4. The van der Waals surface area contributed by atoms with Gasteiger partial charge in [-0.1, -0.05) is 11.6 Å². The van der Waals surface area contributed by atoms with Crippen LogP contribution in [0.3, 0.4) is 0 Å². The fraction of sp³-hybridized carbons (Fsp3) is 0.154. The van der Waals surface area contributed by atoms with E-state index in [0.717, 1.165) is 11.1 Å². The maximum Gasteiger partial charge on any atom is 0.273 e. The van der Waals surface area contributed by atoms with Crippen LogP contribution in [-0.4, -0.2) is 9.91 Å². The van der Waals surface area contributed by atoms with E-state index in [9.17, 15) is 10.1 Å². The fourth-order valence-corrected chi connectivity index (χ4v) is 1.75. The van der Waals surface area contributed by atoms with Gasteiger partial charge < -0.3 is 4.74 Å². The zero-order valence-corrected chi connectivity index (χ0v) is 10.9. The van der Waals surface area contributed by atoms with Gasteiger partial charge in [0, 0.05) is 12.3 Å². The largest absolute Gasteiger partial charge is 0.488 e. The summed E-state index contributed by atoms with van der Waals surface area (Å²) in [6.45, 7) is 2.11. The van der Waals surface area contributed by atoms with Crippen molar-refractivity contribution in [2.24, 2.45) is 0 Å². The molecule has 0 saturated heterocycles. The average Bonchev–Trinajstić information content (AvgIpc) is 2.37. The predicted molar refractivity (Wildman–Crippen MR) is 71.4 cm³/mol. The number of aryl methyl sites for hydroxylation is 1. The summed E-state index contributed by atoms with van der Waals surface area (Å²) < 4.78 is 5.58. The third-order valence-corrected chi connectivity index (χ3v) is 2.77. The molecule has 0 unspecified atom stereocenters. The highest BCUT2D eigenvalue weighted by Gasteiger charge is 2.09. The SMILES string of the molecule is Cc1ccc([N+](=O)[O-])cc1OCc1ccnc(Cl)c1. The molecule has 0 aliphatic heterocycles. The average molecular weight is 279 g/mol. The number of halogens is 1. The standard InChI is InChI=1S/C13H11ClN2O3/c1-9-2-3-11(16(17)18)7-12(9)19-8-10-4-5-15-13(14)6-10/h2-7H,8H2,1H3. The number of nitro benzene ring substituents is 1. The first-order chi connectivity index (χ1) is 9.06. The van der Waals surface area contributed by atoms with E-state index < -0.39 is 4.92 Å². The van der Waals surface area contributed by atoms with Crippen molar-refractivity contribution in [1.82, 2.24) is 4.98 Å². The van der Waals surface area contributed by atoms with Crippen molar-refractivity contribution in [2.45, 2.75) is 13.5 Å². The molecule has 2 rings (SSSR count). The lowest BCUT2D eigenvalue weighted by atomic mass is 10.2. The van der Waals surface area contributed by atoms with Crippen LogP contribution >= 0.6 is 11.6 Å². The first-order valence-electron chi connectivity index (χ1n) is 5.54. The van der Waals surface area contributed by atoms with Crippen LogP contribution in [0.2, 0.25) is 5.15 Å². The number of pyridine rings is 1. The van der Waals surface area contributed by atoms with Crippen molar-refractivity contribution in [3.05, 3.63) is 62.9 Å². The number of ether oxygens (including phenoxy) is 1. The van der Waals surface area contributed by atoms with Crippen LogP contribution in [0.5, 0.6) is 5.75 Å². The molecule has 1 aromatic carbocycles. The number of benzene rings is 1. The van der Waals surface area contributed by atoms with Gasteiger partial charge in [-0.25, -0.2) is 4.98 Å². The second-order valence-electron chi connectivity index (χ2n) is 3.98. The third-order valence-electron chi connectivity index (χ3n) is 2.57. The molecule has 0 radical (unpaired) electrons. The molecule has 0 N–H and O–H groups in total. The Labute approximate surface area is 115 Å². The third kappa shape index (κ3) is 3.42. The maximum absolute atomic E-state index is 10.7. The Morgan fingerprint density at radius 3 is 2.84 bits per heavy atom. The molecule has 0 fully saturated rings. The second-order valence-corrected chi connectivity index (χ2v) is 4.37. The Bertz CT molecular complexity index is 617. The topological polar surface area (TPSA) is 65.3 Å². The molecule has 1 heterocycles. The summed E-state index contributed by atoms with van der Waals surface area (Å²) in [5.74, 6) is 0.488. The summed E-state index contributed by atoms with van der Waals surface area (Å²) >= 11 is 5.77. The van der Waals surface area contributed by atoms with Gasteiger partial charge in [0.1, 0.15) is 17.5 Å². The molecule has 19 heavy (non-hydrogen) atoms. The number of aromatic nitrogens is 1. The van der Waals surface area contributed by atoms with Crippen molar-refractivity contribution in [1.29, 1.82) is 0 Å². The summed E-state index contributed by atoms with van der Waals surface area (Å²) in [5, 5.41) is 11.1. The van der Waals surface area contributed by atoms with Crippen molar-refractivity contribution in [2.75, 3.05) is 0 Å². The van der Waals surface area contributed by atoms with E-state index in [1.807, 2.05) is 6.92 Å². The van der Waals surface area contributed by atoms with Crippen molar-refractivity contribution >= 4 is 17.3 Å². The summed E-state index contributed by atoms with van der Waals surface area (Å²) in [4.78, 5) is 14.1. The van der Waals surface area contributed by atoms with Crippen LogP contribution in [0.15, 0.2) is 36.5 Å². The van der Waals surface area contributed by atoms with Gasteiger partial charge in [-0.05, 0) is 36.2 Å². The van der Waals surface area contributed by atoms with Crippen molar-refractivity contribution in [3.63, 3.8) is 0 Å². The van der Waals surface area contributed by atoms with Crippen LogP contribution in [0.4, 0.5) is 5.69 Å². The lowest BCUT2D eigenvalue weighted by molar-refractivity contribution is -0.385. The Hall–Kier alpha value is -2.14. The molecule has 2 aromatic rings. The lowest BCUT2D eigenvalue weighted by Crippen LogP contribution is -1.98. The summed E-state index contributed by atoms with van der Waals surface area (Å²) in [6.07, 6.45) is 1.58. The zero-order chi connectivity index (χ0) is 13.8. The molecule has 0 amide bonds. The van der Waals surface area contributed by atoms with Gasteiger partial charge in [0.25, 0.3) is 5.69 Å². The van der Waals surface area contributed by atoms with Crippen molar-refractivity contribution in [3.8, 4) is 5.75 Å². The van der Waals surface area contributed by atoms with Crippen LogP contribution in [0, 0.1) is 17.0 Å². The number of nitrogens with zero attached hydrogens (tertiary/aromatic N) is 2. The Morgan fingerprint density at radius 1 is 1.37 bits per heavy atom. The molecule has 6 heteroatoms. The van der Waals surface area contributed by atoms with Crippen LogP contribution in [-0.2, 0) is 6.61 Å². The van der Waals surface area contributed by atoms with Crippen LogP contribution in [0.25, 0.3) is 0 Å². The minimum Gasteiger partial charge on any atom is -0.488 e. The molecule has 0 aliphatic rings. The van der Waals surface area contributed by atoms with E-state index in [2.05, 4.69) is 4.98 Å². The van der Waals surface area contributed by atoms with Crippen molar-refractivity contribution < 1.29 is 9.66 Å². The van der Waals surface area contributed by atoms with E-state index in [0.29, 0.717) is 10.9 Å². The Kier molecular flexibility index (Phi) is 3.97. The molecular weight excluding hydrogens is 268 g/mol. The maximum atomic E-state index is 10.7. The fourth-order valence-electron chi connectivity index (χ4n) is 1.55. The van der Waals surface area contributed by atoms with Gasteiger partial charge in [0.05, 0.1) is 11.0 Å². The number of hydrogen-bond acceptors (Lipinski definition) is 4. The molecule has 98 valence electrons. The molecule has 0 spiro atoms. The van der Waals surface area contributed by atoms with E-state index in [1.54, 1.807) is 24.4 Å². The number of hydrogen-bond donors (Lipinski definition) is 0. The molecular formula is C13H11ClN2O3. The number of non-ortho nitro benzene ring substituents is 1. The predicted octanol–water partition coefficient (Wildman–Crippen LogP) is 3.53. The van der Waals surface area contributed by atoms with Gasteiger partial charge in [0.15, 0.2) is 0 Å². The normalized spacial score (nSPS) is 10.2. The van der Waals surface area contributed by atoms with Gasteiger partial charge in [-0.2, -0.15) is 0 Å². The molecule has 0 bridgehead atoms. The molecule has 0 atom stereocenters. The minimum atomic E-state index is -0.449. The quantitative estimate of drug-likeness (QED) is 0.487. The monoisotopic (exact) mass is 278 g/mol. The molecule has 1 aromatic heterocycles. The zero-order valence-electron chi connectivity index (χ0n) is 10.2. The molecule has 5 nitrogen and oxygen atoms in total. The lowest BCUT2D eigenvalue weighted by Gasteiger charge is -2.09. The minimum absolute atomic E-state index is 0.00774. The van der Waals surface area contributed by atoms with Gasteiger partial charge >= 0.3 is 0 Å². The first kappa shape index (κ1) is 13.3. The van der Waals surface area contributed by atoms with Crippen LogP contribution < -0.4 is 4.74 Å².